The molecule has 20 heavy (non-hydrogen) atoms. The number of benzene rings is 1. The summed E-state index contributed by atoms with van der Waals surface area (Å²) in [6, 6.07) is 6.88. The second-order valence-electron chi connectivity index (χ2n) is 4.69. The van der Waals surface area contributed by atoms with Crippen molar-refractivity contribution in [3.05, 3.63) is 52.5 Å². The summed E-state index contributed by atoms with van der Waals surface area (Å²) in [4.78, 5) is 4.03. The Morgan fingerprint density at radius 1 is 1.35 bits per heavy atom. The summed E-state index contributed by atoms with van der Waals surface area (Å²) in [6.07, 6.45) is 3.26. The molecule has 1 heterocycles. The third-order valence-corrected chi connectivity index (χ3v) is 3.10. The van der Waals surface area contributed by atoms with Crippen LogP contribution in [-0.4, -0.2) is 11.0 Å². The van der Waals surface area contributed by atoms with Gasteiger partial charge in [-0.2, -0.15) is 0 Å². The van der Waals surface area contributed by atoms with Crippen molar-refractivity contribution in [3.8, 4) is 11.5 Å². The minimum Gasteiger partial charge on any atom is -0.455 e. The fraction of sp³-hybridized carbons (Fsp3) is 0.267. The summed E-state index contributed by atoms with van der Waals surface area (Å²) >= 11 is 3.33. The second-order valence-corrected chi connectivity index (χ2v) is 5.61. The van der Waals surface area contributed by atoms with Gasteiger partial charge in [0.05, 0.1) is 6.20 Å². The van der Waals surface area contributed by atoms with Crippen LogP contribution in [0.4, 0.5) is 4.39 Å². The number of halogens is 2. The zero-order chi connectivity index (χ0) is 14.5. The fourth-order valence-electron chi connectivity index (χ4n) is 1.69. The lowest BCUT2D eigenvalue weighted by molar-refractivity contribution is 0.455. The van der Waals surface area contributed by atoms with E-state index in [-0.39, 0.29) is 11.9 Å². The average molecular weight is 339 g/mol. The van der Waals surface area contributed by atoms with Gasteiger partial charge in [0.2, 0.25) is 0 Å². The number of nitrogens with one attached hydrogen (secondary N) is 1. The van der Waals surface area contributed by atoms with Gasteiger partial charge in [-0.05, 0) is 34.1 Å². The first kappa shape index (κ1) is 14.9. The van der Waals surface area contributed by atoms with Gasteiger partial charge in [0.15, 0.2) is 0 Å². The number of hydrogen-bond acceptors (Lipinski definition) is 3. The molecule has 5 heteroatoms. The van der Waals surface area contributed by atoms with E-state index in [1.165, 1.54) is 6.07 Å². The SMILES string of the molecule is CC(C)NCc1c(F)cccc1Oc1cncc(Br)c1. The maximum absolute atomic E-state index is 13.9. The normalized spacial score (nSPS) is 10.8. The molecule has 0 amide bonds. The van der Waals surface area contributed by atoms with Gasteiger partial charge in [0.25, 0.3) is 0 Å². The highest BCUT2D eigenvalue weighted by Gasteiger charge is 2.11. The van der Waals surface area contributed by atoms with E-state index in [1.54, 1.807) is 30.6 Å². The molecule has 2 rings (SSSR count). The molecular formula is C15H16BrFN2O. The molecule has 1 aromatic carbocycles. The van der Waals surface area contributed by atoms with E-state index in [0.717, 1.165) is 4.47 Å². The van der Waals surface area contributed by atoms with E-state index in [1.807, 2.05) is 13.8 Å². The molecule has 1 N–H and O–H groups in total. The van der Waals surface area contributed by atoms with Gasteiger partial charge >= 0.3 is 0 Å². The average Bonchev–Trinajstić information content (AvgIpc) is 2.38. The summed E-state index contributed by atoms with van der Waals surface area (Å²) in [5.74, 6) is 0.785. The van der Waals surface area contributed by atoms with E-state index in [9.17, 15) is 4.39 Å². The van der Waals surface area contributed by atoms with Crippen molar-refractivity contribution in [2.45, 2.75) is 26.4 Å². The van der Waals surface area contributed by atoms with Crippen LogP contribution in [0.1, 0.15) is 19.4 Å². The number of ether oxygens (including phenoxy) is 1. The van der Waals surface area contributed by atoms with Gasteiger partial charge in [0, 0.05) is 28.8 Å². The molecule has 0 aliphatic rings. The van der Waals surface area contributed by atoms with Crippen LogP contribution >= 0.6 is 15.9 Å². The molecule has 0 radical (unpaired) electrons. The number of hydrogen-bond donors (Lipinski definition) is 1. The number of nitrogens with zero attached hydrogens (tertiary/aromatic N) is 1. The van der Waals surface area contributed by atoms with Gasteiger partial charge in [-0.25, -0.2) is 4.39 Å². The number of rotatable bonds is 5. The highest BCUT2D eigenvalue weighted by Crippen LogP contribution is 2.28. The van der Waals surface area contributed by atoms with Gasteiger partial charge < -0.3 is 10.1 Å². The minimum absolute atomic E-state index is 0.273. The van der Waals surface area contributed by atoms with Gasteiger partial charge in [0.1, 0.15) is 17.3 Å². The monoisotopic (exact) mass is 338 g/mol. The Bertz CT molecular complexity index is 590. The lowest BCUT2D eigenvalue weighted by Crippen LogP contribution is -2.22. The summed E-state index contributed by atoms with van der Waals surface area (Å²) in [5.41, 5.74) is 0.515. The first-order valence-corrected chi connectivity index (χ1v) is 7.14. The van der Waals surface area contributed by atoms with Gasteiger partial charge in [-0.15, -0.1) is 0 Å². The van der Waals surface area contributed by atoms with Crippen LogP contribution < -0.4 is 10.1 Å². The van der Waals surface area contributed by atoms with Crippen LogP contribution in [0.2, 0.25) is 0 Å². The maximum atomic E-state index is 13.9. The number of aromatic nitrogens is 1. The van der Waals surface area contributed by atoms with Crippen molar-refractivity contribution in [2.24, 2.45) is 0 Å². The summed E-state index contributed by atoms with van der Waals surface area (Å²) in [6.45, 7) is 4.44. The van der Waals surface area contributed by atoms with E-state index in [0.29, 0.717) is 23.6 Å². The molecule has 2 aromatic rings. The van der Waals surface area contributed by atoms with Crippen LogP contribution in [0.5, 0.6) is 11.5 Å². The zero-order valence-electron chi connectivity index (χ0n) is 11.4. The highest BCUT2D eigenvalue weighted by molar-refractivity contribution is 9.10. The van der Waals surface area contributed by atoms with E-state index in [2.05, 4.69) is 26.2 Å². The molecule has 0 spiro atoms. The molecule has 0 fully saturated rings. The Kier molecular flexibility index (Phi) is 5.09. The highest BCUT2D eigenvalue weighted by atomic mass is 79.9. The Labute approximate surface area is 126 Å². The smallest absolute Gasteiger partial charge is 0.146 e. The lowest BCUT2D eigenvalue weighted by Gasteiger charge is -2.14. The van der Waals surface area contributed by atoms with Crippen LogP contribution in [0.25, 0.3) is 0 Å². The van der Waals surface area contributed by atoms with Crippen molar-refractivity contribution in [2.75, 3.05) is 0 Å². The van der Waals surface area contributed by atoms with Crippen molar-refractivity contribution in [3.63, 3.8) is 0 Å². The molecule has 1 aromatic heterocycles. The van der Waals surface area contributed by atoms with Crippen LogP contribution in [0.15, 0.2) is 41.1 Å². The predicted molar refractivity (Wildman–Crippen MR) is 80.4 cm³/mol. The molecule has 0 saturated carbocycles. The van der Waals surface area contributed by atoms with E-state index < -0.39 is 0 Å². The van der Waals surface area contributed by atoms with Crippen LogP contribution in [0.3, 0.4) is 0 Å². The third kappa shape index (κ3) is 4.02. The largest absolute Gasteiger partial charge is 0.455 e. The van der Waals surface area contributed by atoms with Crippen molar-refractivity contribution in [1.82, 2.24) is 10.3 Å². The Morgan fingerprint density at radius 3 is 2.85 bits per heavy atom. The van der Waals surface area contributed by atoms with Crippen molar-refractivity contribution in [1.29, 1.82) is 0 Å². The summed E-state index contributed by atoms with van der Waals surface area (Å²) < 4.78 is 20.5. The molecule has 0 aliphatic heterocycles. The number of pyridine rings is 1. The molecule has 0 bridgehead atoms. The molecule has 0 unspecified atom stereocenters. The Hall–Kier alpha value is -1.46. The summed E-state index contributed by atoms with van der Waals surface area (Å²) in [7, 11) is 0. The Balaban J connectivity index is 2.24. The second kappa shape index (κ2) is 6.81. The molecule has 0 saturated heterocycles. The van der Waals surface area contributed by atoms with Crippen molar-refractivity contribution >= 4 is 15.9 Å². The predicted octanol–water partition coefficient (Wildman–Crippen LogP) is 4.27. The zero-order valence-corrected chi connectivity index (χ0v) is 12.9. The van der Waals surface area contributed by atoms with Crippen molar-refractivity contribution < 1.29 is 9.13 Å². The molecule has 106 valence electrons. The molecule has 0 aliphatic carbocycles. The topological polar surface area (TPSA) is 34.1 Å². The maximum Gasteiger partial charge on any atom is 0.146 e. The first-order chi connectivity index (χ1) is 9.56. The Morgan fingerprint density at radius 2 is 2.15 bits per heavy atom. The quantitative estimate of drug-likeness (QED) is 0.883. The molecule has 3 nitrogen and oxygen atoms in total. The first-order valence-electron chi connectivity index (χ1n) is 6.35. The van der Waals surface area contributed by atoms with E-state index in [4.69, 9.17) is 4.74 Å². The van der Waals surface area contributed by atoms with Gasteiger partial charge in [-0.3, -0.25) is 4.98 Å². The van der Waals surface area contributed by atoms with Crippen LogP contribution in [-0.2, 0) is 6.54 Å². The minimum atomic E-state index is -0.279. The summed E-state index contributed by atoms with van der Waals surface area (Å²) in [5, 5.41) is 3.20. The van der Waals surface area contributed by atoms with E-state index >= 15 is 0 Å². The lowest BCUT2D eigenvalue weighted by atomic mass is 10.1. The standard InChI is InChI=1S/C15H16BrFN2O/c1-10(2)19-9-13-14(17)4-3-5-15(13)20-12-6-11(16)7-18-8-12/h3-8,10,19H,9H2,1-2H3. The van der Waals surface area contributed by atoms with Crippen LogP contribution in [0, 0.1) is 5.82 Å². The molecular weight excluding hydrogens is 323 g/mol. The fourth-order valence-corrected chi connectivity index (χ4v) is 2.03. The third-order valence-electron chi connectivity index (χ3n) is 2.67. The molecule has 0 atom stereocenters. The van der Waals surface area contributed by atoms with Gasteiger partial charge in [-0.1, -0.05) is 19.9 Å².